The molecule has 1 aliphatic carbocycles. The van der Waals surface area contributed by atoms with Gasteiger partial charge in [-0.15, -0.1) is 0 Å². The van der Waals surface area contributed by atoms with E-state index in [1.807, 2.05) is 4.90 Å². The summed E-state index contributed by atoms with van der Waals surface area (Å²) in [7, 11) is 0. The van der Waals surface area contributed by atoms with E-state index in [0.717, 1.165) is 38.2 Å². The molecule has 0 bridgehead atoms. The highest BCUT2D eigenvalue weighted by Crippen LogP contribution is 2.48. The Kier molecular flexibility index (Phi) is 3.04. The molecule has 0 unspecified atom stereocenters. The lowest BCUT2D eigenvalue weighted by Gasteiger charge is -2.27. The summed E-state index contributed by atoms with van der Waals surface area (Å²) in [5, 5.41) is 3.24. The van der Waals surface area contributed by atoms with Crippen LogP contribution in [0.15, 0.2) is 24.3 Å². The maximum Gasteiger partial charge on any atom is 0.226 e. The fourth-order valence-electron chi connectivity index (χ4n) is 2.67. The van der Waals surface area contributed by atoms with Gasteiger partial charge in [-0.05, 0) is 30.0 Å². The predicted molar refractivity (Wildman–Crippen MR) is 66.7 cm³/mol. The Hall–Kier alpha value is -1.42. The van der Waals surface area contributed by atoms with Crippen LogP contribution >= 0.6 is 0 Å². The molecule has 96 valence electrons. The molecular weight excluding hydrogens is 231 g/mol. The quantitative estimate of drug-likeness (QED) is 0.857. The Morgan fingerprint density at radius 2 is 1.89 bits per heavy atom. The Bertz CT molecular complexity index is 440. The van der Waals surface area contributed by atoms with Gasteiger partial charge in [0, 0.05) is 32.1 Å². The fraction of sp³-hybridized carbons (Fsp3) is 0.500. The number of hydrogen-bond donors (Lipinski definition) is 1. The second-order valence-corrected chi connectivity index (χ2v) is 5.08. The Morgan fingerprint density at radius 1 is 1.22 bits per heavy atom. The van der Waals surface area contributed by atoms with E-state index in [4.69, 9.17) is 0 Å². The van der Waals surface area contributed by atoms with Gasteiger partial charge >= 0.3 is 0 Å². The highest BCUT2D eigenvalue weighted by atomic mass is 19.1. The summed E-state index contributed by atoms with van der Waals surface area (Å²) in [5.41, 5.74) is 1.09. The normalized spacial score (nSPS) is 27.1. The van der Waals surface area contributed by atoms with Crippen molar-refractivity contribution in [3.05, 3.63) is 35.6 Å². The van der Waals surface area contributed by atoms with E-state index in [-0.39, 0.29) is 17.6 Å². The molecule has 1 saturated carbocycles. The number of rotatable bonds is 2. The van der Waals surface area contributed by atoms with Gasteiger partial charge in [-0.1, -0.05) is 12.1 Å². The van der Waals surface area contributed by atoms with Crippen molar-refractivity contribution in [2.75, 3.05) is 26.2 Å². The average molecular weight is 248 g/mol. The second-order valence-electron chi connectivity index (χ2n) is 5.08. The molecule has 0 aromatic heterocycles. The van der Waals surface area contributed by atoms with Gasteiger partial charge in [-0.3, -0.25) is 4.79 Å². The van der Waals surface area contributed by atoms with E-state index in [0.29, 0.717) is 5.92 Å². The molecule has 1 aliphatic heterocycles. The van der Waals surface area contributed by atoms with Crippen LogP contribution < -0.4 is 5.32 Å². The van der Waals surface area contributed by atoms with Crippen LogP contribution in [0.5, 0.6) is 0 Å². The lowest BCUT2D eigenvalue weighted by molar-refractivity contribution is -0.133. The van der Waals surface area contributed by atoms with E-state index in [9.17, 15) is 9.18 Å². The molecule has 18 heavy (non-hydrogen) atoms. The Morgan fingerprint density at radius 3 is 2.56 bits per heavy atom. The molecule has 4 heteroatoms. The van der Waals surface area contributed by atoms with Crippen LogP contribution in [-0.4, -0.2) is 37.0 Å². The van der Waals surface area contributed by atoms with Gasteiger partial charge < -0.3 is 10.2 Å². The minimum Gasteiger partial charge on any atom is -0.340 e. The maximum absolute atomic E-state index is 12.8. The summed E-state index contributed by atoms with van der Waals surface area (Å²) in [5.74, 6) is 0.469. The third kappa shape index (κ3) is 2.25. The zero-order valence-corrected chi connectivity index (χ0v) is 10.2. The zero-order valence-electron chi connectivity index (χ0n) is 10.2. The average Bonchev–Trinajstić information content (AvgIpc) is 3.20. The number of carbonyl (C=O) groups excluding carboxylic acids is 1. The van der Waals surface area contributed by atoms with Crippen molar-refractivity contribution >= 4 is 5.91 Å². The van der Waals surface area contributed by atoms with Crippen molar-refractivity contribution < 1.29 is 9.18 Å². The number of nitrogens with one attached hydrogen (secondary N) is 1. The lowest BCUT2D eigenvalue weighted by Crippen LogP contribution is -2.47. The second kappa shape index (κ2) is 4.69. The molecule has 2 aliphatic rings. The molecule has 2 fully saturated rings. The van der Waals surface area contributed by atoms with Crippen LogP contribution in [0.1, 0.15) is 17.9 Å². The van der Waals surface area contributed by atoms with Crippen LogP contribution in [0.3, 0.4) is 0 Å². The van der Waals surface area contributed by atoms with E-state index in [2.05, 4.69) is 5.32 Å². The summed E-state index contributed by atoms with van der Waals surface area (Å²) in [4.78, 5) is 14.2. The predicted octanol–water partition coefficient (Wildman–Crippen LogP) is 1.36. The smallest absolute Gasteiger partial charge is 0.226 e. The third-order valence-electron chi connectivity index (χ3n) is 3.83. The standard InChI is InChI=1S/C14H17FN2O/c15-11-3-1-10(2-4-11)12-9-13(12)14(18)17-7-5-16-6-8-17/h1-4,12-13,16H,5-9H2/t12-,13+/m1/s1. The molecule has 1 aromatic carbocycles. The SMILES string of the molecule is O=C([C@H]1C[C@@H]1c1ccc(F)cc1)N1CCNCC1. The van der Waals surface area contributed by atoms with E-state index in [1.165, 1.54) is 12.1 Å². The molecule has 0 radical (unpaired) electrons. The lowest BCUT2D eigenvalue weighted by atomic mass is 10.1. The fourth-order valence-corrected chi connectivity index (χ4v) is 2.67. The third-order valence-corrected chi connectivity index (χ3v) is 3.83. The molecule has 2 atom stereocenters. The van der Waals surface area contributed by atoms with Crippen LogP contribution in [0.25, 0.3) is 0 Å². The van der Waals surface area contributed by atoms with Crippen LogP contribution in [-0.2, 0) is 4.79 Å². The van der Waals surface area contributed by atoms with E-state index < -0.39 is 0 Å². The number of piperazine rings is 1. The van der Waals surface area contributed by atoms with Gasteiger partial charge in [0.2, 0.25) is 5.91 Å². The highest BCUT2D eigenvalue weighted by molar-refractivity contribution is 5.83. The van der Waals surface area contributed by atoms with E-state index in [1.54, 1.807) is 12.1 Å². The van der Waals surface area contributed by atoms with Crippen molar-refractivity contribution in [2.24, 2.45) is 5.92 Å². The Balaban J connectivity index is 1.63. The van der Waals surface area contributed by atoms with Crippen molar-refractivity contribution in [1.82, 2.24) is 10.2 Å². The van der Waals surface area contributed by atoms with Crippen molar-refractivity contribution in [2.45, 2.75) is 12.3 Å². The maximum atomic E-state index is 12.8. The molecule has 1 heterocycles. The molecule has 1 saturated heterocycles. The van der Waals surface area contributed by atoms with Crippen molar-refractivity contribution in [3.63, 3.8) is 0 Å². The van der Waals surface area contributed by atoms with Crippen LogP contribution in [0, 0.1) is 11.7 Å². The first-order valence-electron chi connectivity index (χ1n) is 6.50. The van der Waals surface area contributed by atoms with Gasteiger partial charge in [0.25, 0.3) is 0 Å². The first-order valence-corrected chi connectivity index (χ1v) is 6.50. The first-order chi connectivity index (χ1) is 8.75. The largest absolute Gasteiger partial charge is 0.340 e. The summed E-state index contributed by atoms with van der Waals surface area (Å²) >= 11 is 0. The van der Waals surface area contributed by atoms with Crippen LogP contribution in [0.4, 0.5) is 4.39 Å². The number of benzene rings is 1. The van der Waals surface area contributed by atoms with Crippen molar-refractivity contribution in [3.8, 4) is 0 Å². The van der Waals surface area contributed by atoms with Gasteiger partial charge in [0.15, 0.2) is 0 Å². The summed E-state index contributed by atoms with van der Waals surface area (Å²) in [6.07, 6.45) is 0.911. The topological polar surface area (TPSA) is 32.3 Å². The zero-order chi connectivity index (χ0) is 12.5. The molecule has 3 rings (SSSR count). The van der Waals surface area contributed by atoms with Gasteiger partial charge in [0.05, 0.1) is 0 Å². The summed E-state index contributed by atoms with van der Waals surface area (Å²) < 4.78 is 12.8. The molecule has 1 N–H and O–H groups in total. The summed E-state index contributed by atoms with van der Waals surface area (Å²) in [6, 6.07) is 6.54. The molecule has 0 spiro atoms. The van der Waals surface area contributed by atoms with Crippen molar-refractivity contribution in [1.29, 1.82) is 0 Å². The first kappa shape index (κ1) is 11.7. The number of nitrogens with zero attached hydrogens (tertiary/aromatic N) is 1. The molecular formula is C14H17FN2O. The molecule has 1 amide bonds. The van der Waals surface area contributed by atoms with Gasteiger partial charge in [0.1, 0.15) is 5.82 Å². The van der Waals surface area contributed by atoms with E-state index >= 15 is 0 Å². The monoisotopic (exact) mass is 248 g/mol. The van der Waals surface area contributed by atoms with Gasteiger partial charge in [-0.25, -0.2) is 4.39 Å². The van der Waals surface area contributed by atoms with Crippen LogP contribution in [0.2, 0.25) is 0 Å². The molecule has 3 nitrogen and oxygen atoms in total. The number of carbonyl (C=O) groups is 1. The Labute approximate surface area is 106 Å². The minimum atomic E-state index is -0.218. The summed E-state index contributed by atoms with van der Waals surface area (Å²) in [6.45, 7) is 3.40. The highest BCUT2D eigenvalue weighted by Gasteiger charge is 2.45. The number of hydrogen-bond acceptors (Lipinski definition) is 2. The molecule has 1 aromatic rings. The number of halogens is 1. The van der Waals surface area contributed by atoms with Gasteiger partial charge in [-0.2, -0.15) is 0 Å². The minimum absolute atomic E-state index is 0.119. The number of amides is 1.